The number of hydrogen-bond donors (Lipinski definition) is 1. The SMILES string of the molecule is CC(C)(C)OC(=O)N1C[C@H](F)C[C@H]1C(=O)Nc1ccc(F)cn1. The largest absolute Gasteiger partial charge is 0.444 e. The molecule has 1 aromatic heterocycles. The molecule has 0 spiro atoms. The Balaban J connectivity index is 2.07. The fourth-order valence-corrected chi connectivity index (χ4v) is 2.21. The van der Waals surface area contributed by atoms with Gasteiger partial charge in [0, 0.05) is 6.42 Å². The van der Waals surface area contributed by atoms with E-state index in [0.29, 0.717) is 0 Å². The highest BCUT2D eigenvalue weighted by molar-refractivity contribution is 5.96. The number of amides is 2. The van der Waals surface area contributed by atoms with Crippen LogP contribution < -0.4 is 5.32 Å². The molecular formula is C15H19F2N3O3. The van der Waals surface area contributed by atoms with E-state index in [1.807, 2.05) is 0 Å². The number of anilines is 1. The van der Waals surface area contributed by atoms with Gasteiger partial charge in [-0.3, -0.25) is 9.69 Å². The van der Waals surface area contributed by atoms with Gasteiger partial charge in [0.25, 0.3) is 0 Å². The zero-order valence-corrected chi connectivity index (χ0v) is 13.2. The molecule has 1 fully saturated rings. The van der Waals surface area contributed by atoms with Crippen LogP contribution >= 0.6 is 0 Å². The van der Waals surface area contributed by atoms with Gasteiger partial charge < -0.3 is 10.1 Å². The average Bonchev–Trinajstić information content (AvgIpc) is 2.82. The van der Waals surface area contributed by atoms with Gasteiger partial charge in [0.1, 0.15) is 29.4 Å². The fraction of sp³-hybridized carbons (Fsp3) is 0.533. The lowest BCUT2D eigenvalue weighted by atomic mass is 10.2. The quantitative estimate of drug-likeness (QED) is 0.906. The Morgan fingerprint density at radius 3 is 2.65 bits per heavy atom. The molecule has 2 rings (SSSR count). The van der Waals surface area contributed by atoms with Crippen LogP contribution in [0, 0.1) is 5.82 Å². The summed E-state index contributed by atoms with van der Waals surface area (Å²) in [6, 6.07) is 1.43. The summed E-state index contributed by atoms with van der Waals surface area (Å²) < 4.78 is 31.7. The van der Waals surface area contributed by atoms with Gasteiger partial charge in [0.05, 0.1) is 12.7 Å². The molecule has 1 saturated heterocycles. The van der Waals surface area contributed by atoms with Crippen LogP contribution in [-0.4, -0.2) is 46.2 Å². The molecule has 0 aromatic carbocycles. The first-order valence-corrected chi connectivity index (χ1v) is 7.22. The Hall–Kier alpha value is -2.25. The number of carbonyl (C=O) groups excluding carboxylic acids is 2. The molecule has 0 radical (unpaired) electrons. The molecule has 1 N–H and O–H groups in total. The van der Waals surface area contributed by atoms with Gasteiger partial charge in [-0.05, 0) is 32.9 Å². The van der Waals surface area contributed by atoms with Crippen molar-refractivity contribution in [3.8, 4) is 0 Å². The van der Waals surface area contributed by atoms with Crippen LogP contribution in [0.5, 0.6) is 0 Å². The number of carbonyl (C=O) groups is 2. The molecule has 2 atom stereocenters. The minimum atomic E-state index is -1.31. The Labute approximate surface area is 132 Å². The van der Waals surface area contributed by atoms with Crippen LogP contribution in [-0.2, 0) is 9.53 Å². The number of likely N-dealkylation sites (tertiary alicyclic amines) is 1. The van der Waals surface area contributed by atoms with Crippen LogP contribution in [0.4, 0.5) is 19.4 Å². The van der Waals surface area contributed by atoms with E-state index in [-0.39, 0.29) is 18.8 Å². The van der Waals surface area contributed by atoms with Crippen molar-refractivity contribution in [3.05, 3.63) is 24.1 Å². The van der Waals surface area contributed by atoms with E-state index in [0.717, 1.165) is 17.2 Å². The lowest BCUT2D eigenvalue weighted by Gasteiger charge is -2.27. The van der Waals surface area contributed by atoms with Crippen molar-refractivity contribution in [3.63, 3.8) is 0 Å². The standard InChI is InChI=1S/C15H19F2N3O3/c1-15(2,3)23-14(22)20-8-10(17)6-11(20)13(21)19-12-5-4-9(16)7-18-12/h4-5,7,10-11H,6,8H2,1-3H3,(H,18,19,21)/t10-,11+/m1/s1. The van der Waals surface area contributed by atoms with Crippen LogP contribution in [0.1, 0.15) is 27.2 Å². The summed E-state index contributed by atoms with van der Waals surface area (Å²) in [5.41, 5.74) is -0.745. The summed E-state index contributed by atoms with van der Waals surface area (Å²) >= 11 is 0. The number of rotatable bonds is 2. The van der Waals surface area contributed by atoms with E-state index >= 15 is 0 Å². The number of nitrogens with one attached hydrogen (secondary N) is 1. The molecule has 23 heavy (non-hydrogen) atoms. The van der Waals surface area contributed by atoms with Gasteiger partial charge in [-0.1, -0.05) is 0 Å². The van der Waals surface area contributed by atoms with Crippen molar-refractivity contribution in [2.24, 2.45) is 0 Å². The number of nitrogens with zero attached hydrogens (tertiary/aromatic N) is 2. The van der Waals surface area contributed by atoms with Crippen LogP contribution in [0.25, 0.3) is 0 Å². The zero-order chi connectivity index (χ0) is 17.2. The Kier molecular flexibility index (Phi) is 4.82. The first kappa shape index (κ1) is 17.1. The Morgan fingerprint density at radius 1 is 1.39 bits per heavy atom. The van der Waals surface area contributed by atoms with E-state index in [1.54, 1.807) is 20.8 Å². The second-order valence-corrected chi connectivity index (χ2v) is 6.33. The number of halogens is 2. The van der Waals surface area contributed by atoms with E-state index in [9.17, 15) is 18.4 Å². The molecule has 0 saturated carbocycles. The van der Waals surface area contributed by atoms with Crippen molar-refractivity contribution in [2.45, 2.75) is 45.0 Å². The molecule has 0 aliphatic carbocycles. The van der Waals surface area contributed by atoms with E-state index in [2.05, 4.69) is 10.3 Å². The van der Waals surface area contributed by atoms with E-state index in [4.69, 9.17) is 4.74 Å². The minimum Gasteiger partial charge on any atom is -0.444 e. The van der Waals surface area contributed by atoms with Crippen LogP contribution in [0.3, 0.4) is 0 Å². The van der Waals surface area contributed by atoms with Crippen molar-refractivity contribution < 1.29 is 23.1 Å². The van der Waals surface area contributed by atoms with Crippen molar-refractivity contribution in [2.75, 3.05) is 11.9 Å². The van der Waals surface area contributed by atoms with Crippen molar-refractivity contribution in [1.82, 2.24) is 9.88 Å². The maximum Gasteiger partial charge on any atom is 0.411 e. The molecular weight excluding hydrogens is 308 g/mol. The number of hydrogen-bond acceptors (Lipinski definition) is 4. The smallest absolute Gasteiger partial charge is 0.411 e. The lowest BCUT2D eigenvalue weighted by Crippen LogP contribution is -2.45. The van der Waals surface area contributed by atoms with Gasteiger partial charge in [0.15, 0.2) is 0 Å². The minimum absolute atomic E-state index is 0.119. The summed E-state index contributed by atoms with van der Waals surface area (Å²) in [5.74, 6) is -0.999. The Morgan fingerprint density at radius 2 is 2.09 bits per heavy atom. The number of aromatic nitrogens is 1. The third kappa shape index (κ3) is 4.61. The van der Waals surface area contributed by atoms with Gasteiger partial charge in [-0.25, -0.2) is 18.6 Å². The van der Waals surface area contributed by atoms with Gasteiger partial charge in [0.2, 0.25) is 5.91 Å². The van der Waals surface area contributed by atoms with Crippen molar-refractivity contribution >= 4 is 17.8 Å². The first-order chi connectivity index (χ1) is 10.7. The van der Waals surface area contributed by atoms with Crippen molar-refractivity contribution in [1.29, 1.82) is 0 Å². The average molecular weight is 327 g/mol. The summed E-state index contributed by atoms with van der Waals surface area (Å²) in [4.78, 5) is 29.1. The predicted molar refractivity (Wildman–Crippen MR) is 79.1 cm³/mol. The summed E-state index contributed by atoms with van der Waals surface area (Å²) in [6.45, 7) is 4.85. The fourth-order valence-electron chi connectivity index (χ4n) is 2.21. The highest BCUT2D eigenvalue weighted by Crippen LogP contribution is 2.24. The molecule has 2 heterocycles. The number of pyridine rings is 1. The second kappa shape index (κ2) is 6.47. The second-order valence-electron chi connectivity index (χ2n) is 6.33. The molecule has 2 amide bonds. The monoisotopic (exact) mass is 327 g/mol. The van der Waals surface area contributed by atoms with Gasteiger partial charge >= 0.3 is 6.09 Å². The maximum atomic E-state index is 13.7. The first-order valence-electron chi connectivity index (χ1n) is 7.22. The lowest BCUT2D eigenvalue weighted by molar-refractivity contribution is -0.120. The molecule has 8 heteroatoms. The summed E-state index contributed by atoms with van der Waals surface area (Å²) in [5, 5.41) is 2.45. The van der Waals surface area contributed by atoms with E-state index in [1.165, 1.54) is 6.07 Å². The van der Waals surface area contributed by atoms with Gasteiger partial charge in [-0.15, -0.1) is 0 Å². The molecule has 1 aliphatic heterocycles. The maximum absolute atomic E-state index is 13.7. The predicted octanol–water partition coefficient (Wildman–Crippen LogP) is 2.51. The third-order valence-corrected chi connectivity index (χ3v) is 3.16. The number of alkyl halides is 1. The third-order valence-electron chi connectivity index (χ3n) is 3.16. The highest BCUT2D eigenvalue weighted by Gasteiger charge is 2.41. The Bertz CT molecular complexity index is 587. The molecule has 126 valence electrons. The number of ether oxygens (including phenoxy) is 1. The topological polar surface area (TPSA) is 71.5 Å². The molecule has 1 aromatic rings. The molecule has 0 unspecified atom stereocenters. The molecule has 1 aliphatic rings. The highest BCUT2D eigenvalue weighted by atomic mass is 19.1. The van der Waals surface area contributed by atoms with E-state index < -0.39 is 35.6 Å². The van der Waals surface area contributed by atoms with Crippen LogP contribution in [0.15, 0.2) is 18.3 Å². The molecule has 6 nitrogen and oxygen atoms in total. The summed E-state index contributed by atoms with van der Waals surface area (Å²) in [7, 11) is 0. The molecule has 0 bridgehead atoms. The van der Waals surface area contributed by atoms with Gasteiger partial charge in [-0.2, -0.15) is 0 Å². The van der Waals surface area contributed by atoms with Crippen LogP contribution in [0.2, 0.25) is 0 Å². The zero-order valence-electron chi connectivity index (χ0n) is 13.2. The normalized spacial score (nSPS) is 21.2. The summed E-state index contributed by atoms with van der Waals surface area (Å²) in [6.07, 6.45) is -1.22.